The third-order valence-corrected chi connectivity index (χ3v) is 11.9. The number of nitrogens with zero attached hydrogens (tertiary/aromatic N) is 1. The first kappa shape index (κ1) is 26.1. The molecule has 4 aliphatic carbocycles. The number of nitrogens with one attached hydrogen (secondary N) is 1. The second kappa shape index (κ2) is 10.3. The molecule has 0 spiro atoms. The van der Waals surface area contributed by atoms with Crippen molar-refractivity contribution in [3.63, 3.8) is 0 Å². The van der Waals surface area contributed by atoms with E-state index < -0.39 is 0 Å². The van der Waals surface area contributed by atoms with Crippen LogP contribution in [0.1, 0.15) is 117 Å². The summed E-state index contributed by atoms with van der Waals surface area (Å²) in [5, 5.41) is 13.1. The minimum Gasteiger partial charge on any atom is -0.382 e. The summed E-state index contributed by atoms with van der Waals surface area (Å²) in [5.74, 6) is 6.53. The highest BCUT2D eigenvalue weighted by atomic mass is 14.9. The maximum Gasteiger partial charge on any atom is 0.0992 e. The van der Waals surface area contributed by atoms with Gasteiger partial charge in [0.2, 0.25) is 0 Å². The van der Waals surface area contributed by atoms with Gasteiger partial charge in [0.15, 0.2) is 0 Å². The van der Waals surface area contributed by atoms with E-state index >= 15 is 0 Å². The Balaban J connectivity index is 1.27. The highest BCUT2D eigenvalue weighted by molar-refractivity contribution is 5.49. The molecule has 1 N–H and O–H groups in total. The van der Waals surface area contributed by atoms with Crippen LogP contribution in [-0.4, -0.2) is 6.04 Å². The molecule has 0 aromatic heterocycles. The van der Waals surface area contributed by atoms with Gasteiger partial charge in [-0.05, 0) is 148 Å². The van der Waals surface area contributed by atoms with Crippen LogP contribution < -0.4 is 5.32 Å². The molecule has 2 heteroatoms. The Morgan fingerprint density at radius 3 is 2.56 bits per heavy atom. The second-order valence-corrected chi connectivity index (χ2v) is 14.4. The zero-order valence-corrected chi connectivity index (χ0v) is 23.9. The third-order valence-electron chi connectivity index (χ3n) is 11.9. The number of hydrogen-bond donors (Lipinski definition) is 1. The Bertz CT molecular complexity index is 945. The van der Waals surface area contributed by atoms with Crippen molar-refractivity contribution in [1.29, 1.82) is 5.26 Å². The summed E-state index contributed by atoms with van der Waals surface area (Å²) in [5.41, 5.74) is 3.00. The van der Waals surface area contributed by atoms with Gasteiger partial charge in [0, 0.05) is 11.7 Å². The largest absolute Gasteiger partial charge is 0.382 e. The fourth-order valence-corrected chi connectivity index (χ4v) is 10.9. The van der Waals surface area contributed by atoms with E-state index in [1.165, 1.54) is 70.6 Å². The number of nitriles is 1. The topological polar surface area (TPSA) is 35.8 Å². The van der Waals surface area contributed by atoms with Crippen LogP contribution in [-0.2, 0) is 0 Å². The van der Waals surface area contributed by atoms with Gasteiger partial charge in [-0.3, -0.25) is 0 Å². The van der Waals surface area contributed by atoms with Gasteiger partial charge < -0.3 is 5.32 Å². The number of fused-ring (bicyclic) bond motifs is 5. The molecule has 0 aliphatic heterocycles. The SMILES string of the molecule is CCC[C@@]1(CC(C)C)CC[C@H]2[C@H](CC[C@@H]3[C@@H]2CC[C@]2(C)[C@@H]([C@@H](C)Nc4cccc(C#N)c4)CC[C@@H]32)C1. The first-order valence-corrected chi connectivity index (χ1v) is 15.6. The molecule has 2 nitrogen and oxygen atoms in total. The van der Waals surface area contributed by atoms with E-state index in [-0.39, 0.29) is 0 Å². The first-order valence-electron chi connectivity index (χ1n) is 15.6. The lowest BCUT2D eigenvalue weighted by Crippen LogP contribution is -2.51. The summed E-state index contributed by atoms with van der Waals surface area (Å²) in [7, 11) is 0. The van der Waals surface area contributed by atoms with E-state index in [0.717, 1.165) is 52.7 Å². The molecule has 36 heavy (non-hydrogen) atoms. The van der Waals surface area contributed by atoms with Gasteiger partial charge in [-0.25, -0.2) is 0 Å². The van der Waals surface area contributed by atoms with Crippen LogP contribution in [0, 0.1) is 63.6 Å². The van der Waals surface area contributed by atoms with Crippen LogP contribution in [0.2, 0.25) is 0 Å². The molecule has 1 aromatic rings. The Labute approximate surface area is 222 Å². The van der Waals surface area contributed by atoms with E-state index in [0.29, 0.717) is 16.9 Å². The van der Waals surface area contributed by atoms with Crippen LogP contribution in [0.15, 0.2) is 24.3 Å². The van der Waals surface area contributed by atoms with Gasteiger partial charge in [0.05, 0.1) is 11.6 Å². The lowest BCUT2D eigenvalue weighted by Gasteiger charge is -2.58. The highest BCUT2D eigenvalue weighted by Crippen LogP contribution is 2.66. The molecule has 0 radical (unpaired) electrons. The number of rotatable bonds is 7. The Kier molecular flexibility index (Phi) is 7.51. The normalized spacial score (nSPS) is 40.6. The van der Waals surface area contributed by atoms with Crippen LogP contribution in [0.3, 0.4) is 0 Å². The smallest absolute Gasteiger partial charge is 0.0992 e. The molecule has 9 atom stereocenters. The quantitative estimate of drug-likeness (QED) is 0.415. The van der Waals surface area contributed by atoms with Gasteiger partial charge in [0.25, 0.3) is 0 Å². The predicted molar refractivity (Wildman–Crippen MR) is 152 cm³/mol. The summed E-state index contributed by atoms with van der Waals surface area (Å²) in [4.78, 5) is 0. The van der Waals surface area contributed by atoms with E-state index in [1.807, 2.05) is 18.2 Å². The number of benzene rings is 1. The van der Waals surface area contributed by atoms with Crippen molar-refractivity contribution in [3.05, 3.63) is 29.8 Å². The van der Waals surface area contributed by atoms with Crippen molar-refractivity contribution >= 4 is 5.69 Å². The molecule has 0 bridgehead atoms. The standard InChI is InChI=1S/C34H52N2/c1-6-16-34(20-23(2)3)18-15-28-26(21-34)10-11-30-29(28)14-17-33(5)31(12-13-32(30)33)24(4)36-27-9-7-8-25(19-27)22-35/h7-9,19,23-24,26,28-32,36H,6,10-18,20-21H2,1-5H3/t24-,26-,28+,29-,30-,31-,32+,33-,34+/m1/s1. The average molecular weight is 489 g/mol. The predicted octanol–water partition coefficient (Wildman–Crippen LogP) is 9.46. The molecule has 4 aliphatic rings. The van der Waals surface area contributed by atoms with Crippen LogP contribution in [0.25, 0.3) is 0 Å². The molecule has 4 fully saturated rings. The van der Waals surface area contributed by atoms with Crippen molar-refractivity contribution < 1.29 is 0 Å². The van der Waals surface area contributed by atoms with E-state index in [4.69, 9.17) is 0 Å². The number of anilines is 1. The van der Waals surface area contributed by atoms with Crippen molar-refractivity contribution in [3.8, 4) is 6.07 Å². The van der Waals surface area contributed by atoms with Gasteiger partial charge >= 0.3 is 0 Å². The lowest BCUT2D eigenvalue weighted by molar-refractivity contribution is -0.0848. The molecular weight excluding hydrogens is 436 g/mol. The second-order valence-electron chi connectivity index (χ2n) is 14.4. The van der Waals surface area contributed by atoms with E-state index in [9.17, 15) is 5.26 Å². The molecular formula is C34H52N2. The molecule has 4 saturated carbocycles. The van der Waals surface area contributed by atoms with Crippen LogP contribution in [0.4, 0.5) is 5.69 Å². The molecule has 5 rings (SSSR count). The maximum absolute atomic E-state index is 9.31. The van der Waals surface area contributed by atoms with Crippen molar-refractivity contribution in [2.45, 2.75) is 118 Å². The summed E-state index contributed by atoms with van der Waals surface area (Å²) >= 11 is 0. The van der Waals surface area contributed by atoms with Gasteiger partial charge in [-0.1, -0.05) is 40.2 Å². The highest BCUT2D eigenvalue weighted by Gasteiger charge is 2.58. The van der Waals surface area contributed by atoms with Gasteiger partial charge in [0.1, 0.15) is 0 Å². The monoisotopic (exact) mass is 488 g/mol. The number of hydrogen-bond acceptors (Lipinski definition) is 2. The van der Waals surface area contributed by atoms with E-state index in [2.05, 4.69) is 52.1 Å². The average Bonchev–Trinajstić information content (AvgIpc) is 3.21. The molecule has 0 unspecified atom stereocenters. The molecule has 1 aromatic carbocycles. The summed E-state index contributed by atoms with van der Waals surface area (Å²) in [6.45, 7) is 12.4. The Morgan fingerprint density at radius 2 is 1.81 bits per heavy atom. The maximum atomic E-state index is 9.31. The van der Waals surface area contributed by atoms with Crippen LogP contribution >= 0.6 is 0 Å². The molecule has 0 amide bonds. The Hall–Kier alpha value is -1.49. The minimum absolute atomic E-state index is 0.460. The molecule has 0 saturated heterocycles. The first-order chi connectivity index (χ1) is 17.3. The lowest BCUT2D eigenvalue weighted by atomic mass is 9.47. The van der Waals surface area contributed by atoms with Crippen molar-refractivity contribution in [1.82, 2.24) is 0 Å². The summed E-state index contributed by atoms with van der Waals surface area (Å²) in [6.07, 6.45) is 17.6. The fraction of sp³-hybridized carbons (Fsp3) is 0.794. The zero-order chi connectivity index (χ0) is 25.5. The van der Waals surface area contributed by atoms with Crippen molar-refractivity contribution in [2.24, 2.45) is 52.3 Å². The summed E-state index contributed by atoms with van der Waals surface area (Å²) in [6, 6.07) is 10.8. The molecule has 198 valence electrons. The summed E-state index contributed by atoms with van der Waals surface area (Å²) < 4.78 is 0. The fourth-order valence-electron chi connectivity index (χ4n) is 10.9. The zero-order valence-electron chi connectivity index (χ0n) is 23.9. The van der Waals surface area contributed by atoms with Gasteiger partial charge in [-0.2, -0.15) is 5.26 Å². The van der Waals surface area contributed by atoms with Gasteiger partial charge in [-0.15, -0.1) is 0 Å². The third kappa shape index (κ3) is 4.74. The minimum atomic E-state index is 0.460. The van der Waals surface area contributed by atoms with E-state index in [1.54, 1.807) is 6.42 Å². The Morgan fingerprint density at radius 1 is 1.00 bits per heavy atom. The van der Waals surface area contributed by atoms with Crippen LogP contribution in [0.5, 0.6) is 0 Å². The van der Waals surface area contributed by atoms with Crippen molar-refractivity contribution in [2.75, 3.05) is 5.32 Å². The molecule has 0 heterocycles.